The van der Waals surface area contributed by atoms with Gasteiger partial charge in [-0.05, 0) is 61.1 Å². The number of aromatic hydroxyl groups is 1. The highest BCUT2D eigenvalue weighted by Gasteiger charge is 2.59. The van der Waals surface area contributed by atoms with Gasteiger partial charge in [0.05, 0.1) is 16.8 Å². The number of hydrogen-bond donors (Lipinski definition) is 4. The van der Waals surface area contributed by atoms with Gasteiger partial charge in [0.25, 0.3) is 0 Å². The molecule has 1 unspecified atom stereocenters. The summed E-state index contributed by atoms with van der Waals surface area (Å²) < 4.78 is 0. The number of aromatic nitrogens is 1. The Kier molecular flexibility index (Phi) is 5.51. The zero-order valence-electron chi connectivity index (χ0n) is 21.0. The third kappa shape index (κ3) is 3.25. The molecule has 3 heterocycles. The minimum atomic E-state index is -2.04. The average molecular weight is 501 g/mol. The summed E-state index contributed by atoms with van der Waals surface area (Å²) in [5.74, 6) is -3.43. The van der Waals surface area contributed by atoms with Crippen LogP contribution < -0.4 is 0 Å². The summed E-state index contributed by atoms with van der Waals surface area (Å²) in [6, 6.07) is 12.2. The second-order valence-corrected chi connectivity index (χ2v) is 9.97. The van der Waals surface area contributed by atoms with Crippen molar-refractivity contribution in [3.63, 3.8) is 0 Å². The van der Waals surface area contributed by atoms with Crippen LogP contribution in [0.2, 0.25) is 0 Å². The Labute approximate surface area is 213 Å². The number of carboxylic acids is 2. The van der Waals surface area contributed by atoms with Crippen molar-refractivity contribution in [3.05, 3.63) is 87.3 Å². The number of aromatic amines is 1. The quantitative estimate of drug-likeness (QED) is 0.373. The minimum Gasteiger partial charge on any atom is -0.507 e. The fourth-order valence-corrected chi connectivity index (χ4v) is 5.99. The molecule has 0 saturated heterocycles. The van der Waals surface area contributed by atoms with E-state index in [9.17, 15) is 29.7 Å². The van der Waals surface area contributed by atoms with Crippen LogP contribution in [0.25, 0.3) is 10.9 Å². The first-order valence-electron chi connectivity index (χ1n) is 12.2. The van der Waals surface area contributed by atoms with E-state index < -0.39 is 23.3 Å². The van der Waals surface area contributed by atoms with Crippen LogP contribution in [0.4, 0.5) is 0 Å². The molecule has 0 amide bonds. The lowest BCUT2D eigenvalue weighted by Crippen LogP contribution is -2.59. The summed E-state index contributed by atoms with van der Waals surface area (Å²) in [5.41, 5.74) is 0.737. The number of phenolic OH excluding ortho intramolecular Hbond substituents is 1. The van der Waals surface area contributed by atoms with Crippen LogP contribution in [0.5, 0.6) is 5.75 Å². The molecule has 0 fully saturated rings. The van der Waals surface area contributed by atoms with E-state index in [4.69, 9.17) is 0 Å². The molecule has 0 spiro atoms. The van der Waals surface area contributed by atoms with E-state index in [-0.39, 0.29) is 40.5 Å². The second kappa shape index (κ2) is 8.37. The molecule has 8 nitrogen and oxygen atoms in total. The number of nitrogens with zero attached hydrogens (tertiary/aromatic N) is 1. The molecule has 190 valence electrons. The van der Waals surface area contributed by atoms with Crippen LogP contribution >= 0.6 is 0 Å². The van der Waals surface area contributed by atoms with E-state index in [0.717, 1.165) is 22.0 Å². The molecule has 4 N–H and O–H groups in total. The zero-order chi connectivity index (χ0) is 26.8. The fraction of sp³-hybridized carbons (Fsp3) is 0.276. The maximum absolute atomic E-state index is 13.9. The molecular formula is C29H28N2O6. The van der Waals surface area contributed by atoms with Gasteiger partial charge in [-0.15, -0.1) is 0 Å². The predicted molar refractivity (Wildman–Crippen MR) is 138 cm³/mol. The van der Waals surface area contributed by atoms with Crippen LogP contribution in [0.15, 0.2) is 64.9 Å². The third-order valence-corrected chi connectivity index (χ3v) is 7.73. The third-order valence-electron chi connectivity index (χ3n) is 7.73. The maximum Gasteiger partial charge on any atom is 0.340 e. The smallest absolute Gasteiger partial charge is 0.340 e. The highest BCUT2D eigenvalue weighted by molar-refractivity contribution is 6.16. The lowest BCUT2D eigenvalue weighted by Gasteiger charge is -2.49. The van der Waals surface area contributed by atoms with Crippen molar-refractivity contribution in [2.24, 2.45) is 0 Å². The number of rotatable bonds is 5. The van der Waals surface area contributed by atoms with Gasteiger partial charge in [-0.1, -0.05) is 38.1 Å². The number of Topliss-reactive ketones (excluding diaryl/α,β-unsaturated/α-hetero) is 1. The second-order valence-electron chi connectivity index (χ2n) is 9.97. The van der Waals surface area contributed by atoms with Crippen LogP contribution in [0.1, 0.15) is 60.8 Å². The number of fused-ring (bicyclic) bond motifs is 5. The molecule has 8 heteroatoms. The number of carbonyl (C=O) groups is 3. The lowest BCUT2D eigenvalue weighted by atomic mass is 9.71. The molecule has 0 aliphatic carbocycles. The Balaban J connectivity index is 1.80. The number of allylic oxidation sites excluding steroid dienone is 3. The molecule has 2 aliphatic heterocycles. The van der Waals surface area contributed by atoms with Gasteiger partial charge in [-0.2, -0.15) is 0 Å². The van der Waals surface area contributed by atoms with Crippen molar-refractivity contribution in [2.75, 3.05) is 6.54 Å². The van der Waals surface area contributed by atoms with Crippen LogP contribution in [-0.4, -0.2) is 49.5 Å². The van der Waals surface area contributed by atoms with Gasteiger partial charge in [0.15, 0.2) is 5.78 Å². The molecule has 37 heavy (non-hydrogen) atoms. The SMILES string of the molecule is CC1=C(C(=O)O)C2(C(=O)O)c3[nH]c4ccccc4c3CCN2C(C)=C1C(=O)c1cc(C(C)C)ccc1O. The van der Waals surface area contributed by atoms with Gasteiger partial charge in [-0.25, -0.2) is 9.59 Å². The number of H-pyrrole nitrogens is 1. The summed E-state index contributed by atoms with van der Waals surface area (Å²) in [4.78, 5) is 44.6. The van der Waals surface area contributed by atoms with E-state index >= 15 is 0 Å². The summed E-state index contributed by atoms with van der Waals surface area (Å²) in [7, 11) is 0. The first kappa shape index (κ1) is 24.4. The molecule has 0 saturated carbocycles. The molecule has 2 aliphatic rings. The Bertz CT molecular complexity index is 1570. The van der Waals surface area contributed by atoms with Gasteiger partial charge in [0, 0.05) is 28.7 Å². The minimum absolute atomic E-state index is 0.0516. The molecule has 0 bridgehead atoms. The topological polar surface area (TPSA) is 131 Å². The van der Waals surface area contributed by atoms with Crippen molar-refractivity contribution in [1.29, 1.82) is 0 Å². The zero-order valence-corrected chi connectivity index (χ0v) is 21.0. The number of aliphatic carboxylic acids is 2. The van der Waals surface area contributed by atoms with Crippen LogP contribution in [-0.2, 0) is 21.5 Å². The summed E-state index contributed by atoms with van der Waals surface area (Å²) in [6.45, 7) is 7.25. The van der Waals surface area contributed by atoms with E-state index in [0.29, 0.717) is 17.8 Å². The van der Waals surface area contributed by atoms with Crippen molar-refractivity contribution >= 4 is 28.6 Å². The summed E-state index contributed by atoms with van der Waals surface area (Å²) >= 11 is 0. The normalized spacial score (nSPS) is 19.3. The number of hydrogen-bond acceptors (Lipinski definition) is 5. The van der Waals surface area contributed by atoms with Crippen LogP contribution in [0.3, 0.4) is 0 Å². The van der Waals surface area contributed by atoms with Gasteiger partial charge in [0.1, 0.15) is 5.75 Å². The van der Waals surface area contributed by atoms with E-state index in [2.05, 4.69) is 4.98 Å². The number of para-hydroxylation sites is 1. The molecular weight excluding hydrogens is 472 g/mol. The van der Waals surface area contributed by atoms with E-state index in [1.807, 2.05) is 38.1 Å². The number of ketones is 1. The number of phenols is 1. The Morgan fingerprint density at radius 2 is 1.76 bits per heavy atom. The van der Waals surface area contributed by atoms with Crippen molar-refractivity contribution in [3.8, 4) is 5.75 Å². The largest absolute Gasteiger partial charge is 0.507 e. The average Bonchev–Trinajstić information content (AvgIpc) is 3.23. The van der Waals surface area contributed by atoms with Gasteiger partial charge >= 0.3 is 11.9 Å². The predicted octanol–water partition coefficient (Wildman–Crippen LogP) is 4.71. The number of nitrogens with one attached hydrogen (secondary N) is 1. The molecule has 1 aromatic heterocycles. The lowest BCUT2D eigenvalue weighted by molar-refractivity contribution is -0.153. The maximum atomic E-state index is 13.9. The monoisotopic (exact) mass is 500 g/mol. The Hall–Kier alpha value is -4.33. The Morgan fingerprint density at radius 3 is 2.41 bits per heavy atom. The highest BCUT2D eigenvalue weighted by Crippen LogP contribution is 2.51. The highest BCUT2D eigenvalue weighted by atomic mass is 16.4. The Morgan fingerprint density at radius 1 is 1.05 bits per heavy atom. The molecule has 1 atom stereocenters. The van der Waals surface area contributed by atoms with Crippen molar-refractivity contribution < 1.29 is 29.7 Å². The van der Waals surface area contributed by atoms with Gasteiger partial charge in [0.2, 0.25) is 5.54 Å². The van der Waals surface area contributed by atoms with E-state index in [1.54, 1.807) is 19.1 Å². The molecule has 0 radical (unpaired) electrons. The van der Waals surface area contributed by atoms with Crippen molar-refractivity contribution in [2.45, 2.75) is 45.6 Å². The number of benzene rings is 2. The molecule has 2 aromatic carbocycles. The van der Waals surface area contributed by atoms with Gasteiger partial charge < -0.3 is 25.2 Å². The summed E-state index contributed by atoms with van der Waals surface area (Å²) in [5, 5.41) is 32.6. The molecule has 3 aromatic rings. The standard InChI is InChI=1S/C29H28N2O6/c1-14(2)17-9-10-22(32)20(13-17)25(33)23-15(3)24(27(34)35)29(28(36)37)26-19(11-12-31(29)16(23)4)18-7-5-6-8-21(18)30-26/h5-10,13-14,30,32H,11-12H2,1-4H3,(H,34,35)(H,36,37). The van der Waals surface area contributed by atoms with Crippen LogP contribution in [0, 0.1) is 0 Å². The first-order chi connectivity index (χ1) is 17.5. The van der Waals surface area contributed by atoms with Crippen molar-refractivity contribution in [1.82, 2.24) is 9.88 Å². The number of carbonyl (C=O) groups excluding carboxylic acids is 1. The summed E-state index contributed by atoms with van der Waals surface area (Å²) in [6.07, 6.45) is 0.465. The number of carboxylic acid groups (broad SMARTS) is 2. The van der Waals surface area contributed by atoms with E-state index in [1.165, 1.54) is 17.9 Å². The fourth-order valence-electron chi connectivity index (χ4n) is 5.99. The first-order valence-corrected chi connectivity index (χ1v) is 12.2. The van der Waals surface area contributed by atoms with Gasteiger partial charge in [-0.3, -0.25) is 4.79 Å². The molecule has 5 rings (SSSR count).